The third-order valence-electron chi connectivity index (χ3n) is 4.98. The van der Waals surface area contributed by atoms with E-state index < -0.39 is 17.5 Å². The lowest BCUT2D eigenvalue weighted by molar-refractivity contribution is -0.128. The lowest BCUT2D eigenvalue weighted by atomic mass is 10.00. The minimum absolute atomic E-state index is 0.0673. The van der Waals surface area contributed by atoms with Crippen molar-refractivity contribution in [3.63, 3.8) is 0 Å². The molecule has 0 aliphatic heterocycles. The maximum Gasteiger partial charge on any atom is 0.276 e. The van der Waals surface area contributed by atoms with E-state index >= 15 is 0 Å². The van der Waals surface area contributed by atoms with Crippen molar-refractivity contribution in [1.29, 1.82) is 0 Å². The van der Waals surface area contributed by atoms with E-state index in [0.717, 1.165) is 11.5 Å². The molecule has 1 aromatic carbocycles. The summed E-state index contributed by atoms with van der Waals surface area (Å²) in [7, 11) is 0. The van der Waals surface area contributed by atoms with Crippen molar-refractivity contribution in [2.24, 2.45) is 0 Å². The lowest BCUT2D eigenvalue weighted by Crippen LogP contribution is -2.50. The zero-order valence-corrected chi connectivity index (χ0v) is 18.4. The first-order valence-corrected chi connectivity index (χ1v) is 10.7. The highest BCUT2D eigenvalue weighted by Crippen LogP contribution is 2.25. The largest absolute Gasteiger partial charge is 0.349 e. The molecular weight excluding hydrogens is 417 g/mol. The molecule has 1 N–H and O–H groups in total. The first kappa shape index (κ1) is 22.5. The predicted octanol–water partition coefficient (Wildman–Crippen LogP) is 3.76. The molecule has 162 valence electrons. The van der Waals surface area contributed by atoms with Crippen molar-refractivity contribution in [2.45, 2.75) is 45.3 Å². The van der Waals surface area contributed by atoms with Crippen LogP contribution in [0.2, 0.25) is 0 Å². The highest BCUT2D eigenvalue weighted by Gasteiger charge is 2.36. The molecule has 2 aromatic heterocycles. The van der Waals surface area contributed by atoms with Gasteiger partial charge in [0.15, 0.2) is 11.7 Å². The van der Waals surface area contributed by atoms with Gasteiger partial charge < -0.3 is 10.2 Å². The Balaban J connectivity index is 2.05. The van der Waals surface area contributed by atoms with Gasteiger partial charge in [0.05, 0.1) is 5.69 Å². The minimum Gasteiger partial charge on any atom is -0.349 e. The quantitative estimate of drug-likeness (QED) is 0.575. The van der Waals surface area contributed by atoms with E-state index in [4.69, 9.17) is 0 Å². The van der Waals surface area contributed by atoms with Crippen molar-refractivity contribution in [3.8, 4) is 0 Å². The molecule has 31 heavy (non-hydrogen) atoms. The molecule has 0 aliphatic carbocycles. The number of carbonyl (C=O) groups is 2. The summed E-state index contributed by atoms with van der Waals surface area (Å²) in [5.74, 6) is -1.20. The molecule has 0 spiro atoms. The van der Waals surface area contributed by atoms with Gasteiger partial charge in [0.1, 0.15) is 5.82 Å². The molecule has 0 bridgehead atoms. The van der Waals surface area contributed by atoms with E-state index in [1.165, 1.54) is 22.4 Å². The fourth-order valence-electron chi connectivity index (χ4n) is 2.94. The zero-order valence-electron chi connectivity index (χ0n) is 17.6. The van der Waals surface area contributed by atoms with Crippen molar-refractivity contribution in [3.05, 3.63) is 76.8 Å². The van der Waals surface area contributed by atoms with Crippen LogP contribution in [0.15, 0.2) is 54.0 Å². The normalized spacial score (nSPS) is 12.3. The van der Waals surface area contributed by atoms with Crippen LogP contribution in [0.3, 0.4) is 0 Å². The first-order chi connectivity index (χ1) is 14.8. The first-order valence-electron chi connectivity index (χ1n) is 9.86. The Labute approximate surface area is 184 Å². The van der Waals surface area contributed by atoms with Crippen LogP contribution < -0.4 is 5.32 Å². The Morgan fingerprint density at radius 1 is 1.19 bits per heavy atom. The smallest absolute Gasteiger partial charge is 0.276 e. The molecule has 0 saturated heterocycles. The number of hydrogen-bond acceptors (Lipinski definition) is 6. The molecule has 2 amide bonds. The van der Waals surface area contributed by atoms with Crippen molar-refractivity contribution < 1.29 is 14.0 Å². The van der Waals surface area contributed by atoms with Crippen LogP contribution in [-0.2, 0) is 11.3 Å². The standard InChI is InChI=1S/C22H24FN5O2S/c1-4-22(2,3)25-20(29)19(17-7-5-6-12-24-17)28(21(30)18-14-31-27-26-18)13-15-8-10-16(23)11-9-15/h5-12,14,19H,4,13H2,1-3H3,(H,25,29). The number of rotatable bonds is 8. The third kappa shape index (κ3) is 5.69. The molecule has 1 atom stereocenters. The fraction of sp³-hybridized carbons (Fsp3) is 0.318. The molecule has 7 nitrogen and oxygen atoms in total. The van der Waals surface area contributed by atoms with Gasteiger partial charge in [-0.15, -0.1) is 5.10 Å². The summed E-state index contributed by atoms with van der Waals surface area (Å²) in [5.41, 5.74) is 0.749. The Kier molecular flexibility index (Phi) is 7.06. The Morgan fingerprint density at radius 3 is 2.52 bits per heavy atom. The average molecular weight is 442 g/mol. The van der Waals surface area contributed by atoms with E-state index in [-0.39, 0.29) is 24.0 Å². The topological polar surface area (TPSA) is 88.1 Å². The molecule has 3 aromatic rings. The number of benzene rings is 1. The van der Waals surface area contributed by atoms with Crippen LogP contribution in [0.4, 0.5) is 4.39 Å². The van der Waals surface area contributed by atoms with Gasteiger partial charge in [-0.1, -0.05) is 29.6 Å². The number of amides is 2. The van der Waals surface area contributed by atoms with Crippen LogP contribution in [-0.4, -0.2) is 36.8 Å². The summed E-state index contributed by atoms with van der Waals surface area (Å²) < 4.78 is 17.2. The summed E-state index contributed by atoms with van der Waals surface area (Å²) in [5, 5.41) is 8.43. The summed E-state index contributed by atoms with van der Waals surface area (Å²) >= 11 is 1.05. The molecule has 0 radical (unpaired) electrons. The molecule has 9 heteroatoms. The van der Waals surface area contributed by atoms with Gasteiger partial charge >= 0.3 is 0 Å². The van der Waals surface area contributed by atoms with Gasteiger partial charge in [0.25, 0.3) is 5.91 Å². The zero-order chi connectivity index (χ0) is 22.4. The number of hydrogen-bond donors (Lipinski definition) is 1. The van der Waals surface area contributed by atoms with Crippen molar-refractivity contribution in [2.75, 3.05) is 0 Å². The number of carbonyl (C=O) groups excluding carboxylic acids is 2. The minimum atomic E-state index is -1.01. The molecule has 0 saturated carbocycles. The van der Waals surface area contributed by atoms with Crippen LogP contribution in [0.1, 0.15) is 55.0 Å². The molecule has 0 fully saturated rings. The Hall–Kier alpha value is -3.20. The predicted molar refractivity (Wildman–Crippen MR) is 116 cm³/mol. The fourth-order valence-corrected chi connectivity index (χ4v) is 3.37. The van der Waals surface area contributed by atoms with E-state index in [0.29, 0.717) is 17.7 Å². The van der Waals surface area contributed by atoms with Crippen LogP contribution in [0, 0.1) is 5.82 Å². The summed E-state index contributed by atoms with van der Waals surface area (Å²) in [6.07, 6.45) is 2.28. The number of pyridine rings is 1. The van der Waals surface area contributed by atoms with Gasteiger partial charge in [-0.2, -0.15) is 0 Å². The second kappa shape index (κ2) is 9.74. The maximum atomic E-state index is 13.4. The molecule has 3 rings (SSSR count). The summed E-state index contributed by atoms with van der Waals surface area (Å²) in [4.78, 5) is 32.6. The van der Waals surface area contributed by atoms with Gasteiger partial charge in [-0.3, -0.25) is 14.6 Å². The molecule has 0 aliphatic rings. The second-order valence-electron chi connectivity index (χ2n) is 7.73. The van der Waals surface area contributed by atoms with Crippen LogP contribution >= 0.6 is 11.5 Å². The van der Waals surface area contributed by atoms with Gasteiger partial charge in [0, 0.05) is 23.7 Å². The molecular formula is C22H24FN5O2S. The van der Waals surface area contributed by atoms with E-state index in [9.17, 15) is 14.0 Å². The number of nitrogens with zero attached hydrogens (tertiary/aromatic N) is 4. The van der Waals surface area contributed by atoms with Crippen LogP contribution in [0.5, 0.6) is 0 Å². The van der Waals surface area contributed by atoms with Gasteiger partial charge in [-0.25, -0.2) is 4.39 Å². The average Bonchev–Trinajstić information content (AvgIpc) is 3.29. The van der Waals surface area contributed by atoms with E-state index in [1.54, 1.807) is 36.5 Å². The molecule has 1 unspecified atom stereocenters. The Bertz CT molecular complexity index is 1010. The highest BCUT2D eigenvalue weighted by molar-refractivity contribution is 7.03. The third-order valence-corrected chi connectivity index (χ3v) is 5.48. The molecule has 2 heterocycles. The Morgan fingerprint density at radius 2 is 1.94 bits per heavy atom. The van der Waals surface area contributed by atoms with Gasteiger partial charge in [-0.05, 0) is 61.6 Å². The second-order valence-corrected chi connectivity index (χ2v) is 8.34. The number of nitrogens with one attached hydrogen (secondary N) is 1. The summed E-state index contributed by atoms with van der Waals surface area (Å²) in [6.45, 7) is 5.87. The number of halogens is 1. The highest BCUT2D eigenvalue weighted by atomic mass is 32.1. The maximum absolute atomic E-state index is 13.4. The van der Waals surface area contributed by atoms with Crippen molar-refractivity contribution in [1.82, 2.24) is 24.8 Å². The van der Waals surface area contributed by atoms with E-state index in [2.05, 4.69) is 19.9 Å². The lowest BCUT2D eigenvalue weighted by Gasteiger charge is -2.33. The van der Waals surface area contributed by atoms with Crippen LogP contribution in [0.25, 0.3) is 0 Å². The van der Waals surface area contributed by atoms with E-state index in [1.807, 2.05) is 20.8 Å². The number of aromatic nitrogens is 3. The van der Waals surface area contributed by atoms with Gasteiger partial charge in [0.2, 0.25) is 5.91 Å². The monoisotopic (exact) mass is 441 g/mol. The van der Waals surface area contributed by atoms with Crippen molar-refractivity contribution >= 4 is 23.3 Å². The summed E-state index contributed by atoms with van der Waals surface area (Å²) in [6, 6.07) is 10.00. The SMILES string of the molecule is CCC(C)(C)NC(=O)C(c1ccccn1)N(Cc1ccc(F)cc1)C(=O)c1csnn1.